The molecular weight excluding hydrogens is 248 g/mol. The van der Waals surface area contributed by atoms with E-state index >= 15 is 0 Å². The Hall–Kier alpha value is -0.160. The molecule has 0 aromatic carbocycles. The van der Waals surface area contributed by atoms with Crippen LogP contribution in [0.1, 0.15) is 41.5 Å². The quantitative estimate of drug-likeness (QED) is 0.476. The van der Waals surface area contributed by atoms with Crippen molar-refractivity contribution in [2.75, 3.05) is 52.4 Å². The van der Waals surface area contributed by atoms with Crippen molar-refractivity contribution in [3.05, 3.63) is 0 Å². The maximum Gasteiger partial charge on any atom is 0.0107 e. The lowest BCUT2D eigenvalue weighted by molar-refractivity contribution is 0.266. The highest BCUT2D eigenvalue weighted by atomic mass is 15.1. The lowest BCUT2D eigenvalue weighted by atomic mass is 9.90. The van der Waals surface area contributed by atoms with Gasteiger partial charge in [0.2, 0.25) is 0 Å². The molecule has 20 heavy (non-hydrogen) atoms. The van der Waals surface area contributed by atoms with Gasteiger partial charge in [0.15, 0.2) is 0 Å². The monoisotopic (exact) mass is 286 g/mol. The van der Waals surface area contributed by atoms with E-state index in [9.17, 15) is 0 Å². The number of hydrogen-bond acceptors (Lipinski definition) is 4. The molecule has 0 saturated carbocycles. The molecule has 0 saturated heterocycles. The first-order chi connectivity index (χ1) is 9.26. The van der Waals surface area contributed by atoms with Crippen molar-refractivity contribution in [1.29, 1.82) is 0 Å². The lowest BCUT2D eigenvalue weighted by Gasteiger charge is -2.29. The number of hydrogen-bond donors (Lipinski definition) is 3. The Bertz CT molecular complexity index is 235. The zero-order valence-electron chi connectivity index (χ0n) is 14.7. The fourth-order valence-electron chi connectivity index (χ4n) is 2.08. The van der Waals surface area contributed by atoms with Gasteiger partial charge in [0.25, 0.3) is 0 Å². The summed E-state index contributed by atoms with van der Waals surface area (Å²) in [5, 5.41) is 7.14. The highest BCUT2D eigenvalue weighted by Gasteiger charge is 2.20. The number of nitrogens with one attached hydrogen (secondary N) is 2. The van der Waals surface area contributed by atoms with E-state index in [0.717, 1.165) is 52.4 Å². The standard InChI is InChI=1S/C16H38N4/c1-7-20(8-2)10-9-18-13-16(5,6)14-19-12-15(3,4)11-17/h18-19H,7-14,17H2,1-6H3. The van der Waals surface area contributed by atoms with Gasteiger partial charge in [0.1, 0.15) is 0 Å². The highest BCUT2D eigenvalue weighted by Crippen LogP contribution is 2.14. The molecule has 0 aromatic rings. The van der Waals surface area contributed by atoms with E-state index in [-0.39, 0.29) is 10.8 Å². The normalized spacial score (nSPS) is 13.2. The van der Waals surface area contributed by atoms with Gasteiger partial charge in [0.05, 0.1) is 0 Å². The lowest BCUT2D eigenvalue weighted by Crippen LogP contribution is -2.44. The second kappa shape index (κ2) is 9.72. The van der Waals surface area contributed by atoms with Gasteiger partial charge in [-0.25, -0.2) is 0 Å². The van der Waals surface area contributed by atoms with E-state index in [4.69, 9.17) is 5.73 Å². The van der Waals surface area contributed by atoms with E-state index < -0.39 is 0 Å². The van der Waals surface area contributed by atoms with Crippen LogP contribution in [0, 0.1) is 10.8 Å². The zero-order chi connectivity index (χ0) is 15.6. The topological polar surface area (TPSA) is 53.3 Å². The summed E-state index contributed by atoms with van der Waals surface area (Å²) in [6, 6.07) is 0. The van der Waals surface area contributed by atoms with Gasteiger partial charge in [-0.15, -0.1) is 0 Å². The van der Waals surface area contributed by atoms with Gasteiger partial charge in [-0.2, -0.15) is 0 Å². The molecular formula is C16H38N4. The Kier molecular flexibility index (Phi) is 9.64. The largest absolute Gasteiger partial charge is 0.330 e. The second-order valence-corrected chi connectivity index (χ2v) is 7.34. The van der Waals surface area contributed by atoms with Crippen LogP contribution in [0.5, 0.6) is 0 Å². The highest BCUT2D eigenvalue weighted by molar-refractivity contribution is 4.78. The molecule has 0 unspecified atom stereocenters. The van der Waals surface area contributed by atoms with Crippen molar-refractivity contribution in [1.82, 2.24) is 15.5 Å². The second-order valence-electron chi connectivity index (χ2n) is 7.34. The smallest absolute Gasteiger partial charge is 0.0107 e. The van der Waals surface area contributed by atoms with Crippen LogP contribution in [0.2, 0.25) is 0 Å². The van der Waals surface area contributed by atoms with Gasteiger partial charge >= 0.3 is 0 Å². The van der Waals surface area contributed by atoms with Crippen LogP contribution in [0.3, 0.4) is 0 Å². The van der Waals surface area contributed by atoms with E-state index in [0.29, 0.717) is 0 Å². The maximum atomic E-state index is 5.75. The molecule has 4 heteroatoms. The van der Waals surface area contributed by atoms with Gasteiger partial charge in [-0.1, -0.05) is 41.5 Å². The molecule has 4 N–H and O–H groups in total. The van der Waals surface area contributed by atoms with E-state index in [1.807, 2.05) is 0 Å². The predicted octanol–water partition coefficient (Wildman–Crippen LogP) is 1.52. The Labute approximate surface area is 126 Å². The summed E-state index contributed by atoms with van der Waals surface area (Å²) in [5.41, 5.74) is 6.21. The summed E-state index contributed by atoms with van der Waals surface area (Å²) in [6.45, 7) is 21.7. The minimum atomic E-state index is 0.187. The third-order valence-electron chi connectivity index (χ3n) is 3.86. The molecule has 0 atom stereocenters. The van der Waals surface area contributed by atoms with Crippen LogP contribution in [0.4, 0.5) is 0 Å². The maximum absolute atomic E-state index is 5.75. The van der Waals surface area contributed by atoms with Crippen LogP contribution in [0.25, 0.3) is 0 Å². The summed E-state index contributed by atoms with van der Waals surface area (Å²) in [4.78, 5) is 2.45. The number of rotatable bonds is 12. The number of nitrogens with two attached hydrogens (primary N) is 1. The van der Waals surface area contributed by atoms with Crippen molar-refractivity contribution in [2.45, 2.75) is 41.5 Å². The first-order valence-electron chi connectivity index (χ1n) is 8.10. The van der Waals surface area contributed by atoms with Crippen molar-refractivity contribution in [3.63, 3.8) is 0 Å². The number of nitrogens with zero attached hydrogens (tertiary/aromatic N) is 1. The van der Waals surface area contributed by atoms with Crippen molar-refractivity contribution >= 4 is 0 Å². The zero-order valence-corrected chi connectivity index (χ0v) is 14.7. The van der Waals surface area contributed by atoms with Crippen LogP contribution < -0.4 is 16.4 Å². The van der Waals surface area contributed by atoms with Gasteiger partial charge in [-0.05, 0) is 30.5 Å². The summed E-state index contributed by atoms with van der Waals surface area (Å²) >= 11 is 0. The number of likely N-dealkylation sites (N-methyl/N-ethyl adjacent to an activating group) is 1. The molecule has 0 aliphatic carbocycles. The molecule has 0 rings (SSSR count). The summed E-state index contributed by atoms with van der Waals surface area (Å²) in [6.07, 6.45) is 0. The molecule has 0 aliphatic rings. The van der Waals surface area contributed by atoms with Crippen LogP contribution >= 0.6 is 0 Å². The third kappa shape index (κ3) is 9.70. The minimum Gasteiger partial charge on any atom is -0.330 e. The first kappa shape index (κ1) is 19.8. The molecule has 122 valence electrons. The minimum absolute atomic E-state index is 0.187. The molecule has 0 fully saturated rings. The Balaban J connectivity index is 3.79. The molecule has 0 bridgehead atoms. The van der Waals surface area contributed by atoms with Crippen LogP contribution in [-0.2, 0) is 0 Å². The van der Waals surface area contributed by atoms with E-state index in [1.165, 1.54) is 0 Å². The molecule has 0 heterocycles. The Morgan fingerprint density at radius 1 is 0.850 bits per heavy atom. The molecule has 0 spiro atoms. The molecule has 4 nitrogen and oxygen atoms in total. The SMILES string of the molecule is CCN(CC)CCNCC(C)(C)CNCC(C)(C)CN. The average molecular weight is 287 g/mol. The van der Waals surface area contributed by atoms with Crippen molar-refractivity contribution in [3.8, 4) is 0 Å². The van der Waals surface area contributed by atoms with Crippen molar-refractivity contribution < 1.29 is 0 Å². The summed E-state index contributed by atoms with van der Waals surface area (Å²) in [7, 11) is 0. The average Bonchev–Trinajstić information content (AvgIpc) is 2.38. The van der Waals surface area contributed by atoms with Gasteiger partial charge in [-0.3, -0.25) is 0 Å². The van der Waals surface area contributed by atoms with Gasteiger partial charge < -0.3 is 21.3 Å². The molecule has 0 radical (unpaired) electrons. The summed E-state index contributed by atoms with van der Waals surface area (Å²) in [5.74, 6) is 0. The fourth-order valence-corrected chi connectivity index (χ4v) is 2.08. The van der Waals surface area contributed by atoms with Crippen LogP contribution in [-0.4, -0.2) is 57.3 Å². The third-order valence-corrected chi connectivity index (χ3v) is 3.86. The van der Waals surface area contributed by atoms with Crippen molar-refractivity contribution in [2.24, 2.45) is 16.6 Å². The molecule has 0 aliphatic heterocycles. The Morgan fingerprint density at radius 3 is 1.85 bits per heavy atom. The summed E-state index contributed by atoms with van der Waals surface area (Å²) < 4.78 is 0. The first-order valence-corrected chi connectivity index (χ1v) is 8.10. The van der Waals surface area contributed by atoms with Crippen LogP contribution in [0.15, 0.2) is 0 Å². The Morgan fingerprint density at radius 2 is 1.35 bits per heavy atom. The fraction of sp³-hybridized carbons (Fsp3) is 1.00. The molecule has 0 aromatic heterocycles. The van der Waals surface area contributed by atoms with E-state index in [1.54, 1.807) is 0 Å². The van der Waals surface area contributed by atoms with E-state index in [2.05, 4.69) is 57.1 Å². The van der Waals surface area contributed by atoms with Gasteiger partial charge in [0, 0.05) is 32.7 Å². The predicted molar refractivity (Wildman–Crippen MR) is 90.1 cm³/mol. The molecule has 0 amide bonds.